The van der Waals surface area contributed by atoms with E-state index in [-0.39, 0.29) is 11.8 Å². The SMILES string of the molecule is O[C@@H]1C[C@@H](c2nc(C3CC3)no2)C[C@@H]1CNc1ncc(Cl)cn1. The van der Waals surface area contributed by atoms with Crippen molar-refractivity contribution in [2.24, 2.45) is 5.92 Å². The molecule has 0 unspecified atom stereocenters. The monoisotopic (exact) mass is 335 g/mol. The Balaban J connectivity index is 1.35. The van der Waals surface area contributed by atoms with E-state index in [0.29, 0.717) is 35.7 Å². The lowest BCUT2D eigenvalue weighted by Gasteiger charge is -2.14. The molecule has 3 atom stereocenters. The Hall–Kier alpha value is -1.73. The minimum absolute atomic E-state index is 0.107. The second-order valence-electron chi connectivity index (χ2n) is 6.37. The number of nitrogens with zero attached hydrogens (tertiary/aromatic N) is 4. The molecule has 2 aliphatic carbocycles. The standard InChI is InChI=1S/C15H18ClN5O2/c16-11-6-18-15(19-7-11)17-5-10-3-9(4-12(10)22)14-20-13(21-23-14)8-1-2-8/h6-10,12,22H,1-5H2,(H,17,18,19)/t9-,10+,12+/m0/s1. The fourth-order valence-electron chi connectivity index (χ4n) is 3.07. The lowest BCUT2D eigenvalue weighted by Crippen LogP contribution is -2.22. The molecule has 0 radical (unpaired) electrons. The Morgan fingerprint density at radius 3 is 2.74 bits per heavy atom. The molecule has 0 saturated heterocycles. The molecule has 7 nitrogen and oxygen atoms in total. The number of aliphatic hydroxyl groups excluding tert-OH is 1. The zero-order valence-corrected chi connectivity index (χ0v) is 13.3. The first-order valence-corrected chi connectivity index (χ1v) is 8.30. The van der Waals surface area contributed by atoms with E-state index in [9.17, 15) is 5.11 Å². The average molecular weight is 336 g/mol. The molecule has 2 heterocycles. The summed E-state index contributed by atoms with van der Waals surface area (Å²) < 4.78 is 5.39. The van der Waals surface area contributed by atoms with Gasteiger partial charge in [0.05, 0.1) is 23.5 Å². The van der Waals surface area contributed by atoms with Crippen LogP contribution in [0.4, 0.5) is 5.95 Å². The highest BCUT2D eigenvalue weighted by Crippen LogP contribution is 2.41. The summed E-state index contributed by atoms with van der Waals surface area (Å²) in [6.45, 7) is 0.600. The fraction of sp³-hybridized carbons (Fsp3) is 0.600. The van der Waals surface area contributed by atoms with E-state index in [1.54, 1.807) is 12.4 Å². The number of halogens is 1. The summed E-state index contributed by atoms with van der Waals surface area (Å²) in [4.78, 5) is 12.7. The van der Waals surface area contributed by atoms with Gasteiger partial charge in [-0.2, -0.15) is 4.98 Å². The molecule has 122 valence electrons. The van der Waals surface area contributed by atoms with Crippen LogP contribution in [0.2, 0.25) is 5.02 Å². The molecule has 4 rings (SSSR count). The van der Waals surface area contributed by atoms with Crippen molar-refractivity contribution in [1.82, 2.24) is 20.1 Å². The third kappa shape index (κ3) is 3.30. The van der Waals surface area contributed by atoms with Crippen LogP contribution in [-0.4, -0.2) is 37.9 Å². The van der Waals surface area contributed by atoms with E-state index in [0.717, 1.165) is 25.1 Å². The van der Waals surface area contributed by atoms with Crippen LogP contribution in [0, 0.1) is 5.92 Å². The number of aromatic nitrogens is 4. The number of nitrogens with one attached hydrogen (secondary N) is 1. The molecule has 2 N–H and O–H groups in total. The summed E-state index contributed by atoms with van der Waals surface area (Å²) in [5.41, 5.74) is 0. The van der Waals surface area contributed by atoms with Gasteiger partial charge in [-0.15, -0.1) is 0 Å². The van der Waals surface area contributed by atoms with E-state index in [1.165, 1.54) is 0 Å². The van der Waals surface area contributed by atoms with Gasteiger partial charge in [0.15, 0.2) is 5.82 Å². The summed E-state index contributed by atoms with van der Waals surface area (Å²) in [7, 11) is 0. The number of hydrogen-bond acceptors (Lipinski definition) is 7. The quantitative estimate of drug-likeness (QED) is 0.865. The molecule has 0 aromatic carbocycles. The van der Waals surface area contributed by atoms with Crippen molar-refractivity contribution in [3.63, 3.8) is 0 Å². The molecule has 0 aliphatic heterocycles. The fourth-order valence-corrected chi connectivity index (χ4v) is 3.17. The van der Waals surface area contributed by atoms with Gasteiger partial charge in [0.1, 0.15) is 0 Å². The molecule has 2 aromatic heterocycles. The van der Waals surface area contributed by atoms with Gasteiger partial charge in [-0.05, 0) is 25.7 Å². The summed E-state index contributed by atoms with van der Waals surface area (Å²) >= 11 is 5.76. The third-order valence-corrected chi connectivity index (χ3v) is 4.74. The van der Waals surface area contributed by atoms with Gasteiger partial charge < -0.3 is 14.9 Å². The van der Waals surface area contributed by atoms with Gasteiger partial charge in [-0.1, -0.05) is 16.8 Å². The zero-order chi connectivity index (χ0) is 15.8. The second kappa shape index (κ2) is 6.05. The smallest absolute Gasteiger partial charge is 0.229 e. The van der Waals surface area contributed by atoms with Gasteiger partial charge in [-0.25, -0.2) is 9.97 Å². The highest BCUT2D eigenvalue weighted by molar-refractivity contribution is 6.30. The van der Waals surface area contributed by atoms with Gasteiger partial charge in [0.25, 0.3) is 0 Å². The van der Waals surface area contributed by atoms with Gasteiger partial charge in [0, 0.05) is 24.3 Å². The van der Waals surface area contributed by atoms with Gasteiger partial charge >= 0.3 is 0 Å². The molecule has 0 amide bonds. The second-order valence-corrected chi connectivity index (χ2v) is 6.80. The Labute approximate surface area is 138 Å². The minimum Gasteiger partial charge on any atom is -0.393 e. The normalized spacial score (nSPS) is 27.3. The van der Waals surface area contributed by atoms with Crippen LogP contribution >= 0.6 is 11.6 Å². The van der Waals surface area contributed by atoms with E-state index >= 15 is 0 Å². The van der Waals surface area contributed by atoms with Crippen molar-refractivity contribution < 1.29 is 9.63 Å². The maximum Gasteiger partial charge on any atom is 0.229 e. The highest BCUT2D eigenvalue weighted by Gasteiger charge is 2.38. The lowest BCUT2D eigenvalue weighted by molar-refractivity contribution is 0.137. The minimum atomic E-state index is -0.393. The van der Waals surface area contributed by atoms with Crippen LogP contribution < -0.4 is 5.32 Å². The average Bonchev–Trinajstić information content (AvgIpc) is 3.16. The van der Waals surface area contributed by atoms with Crippen LogP contribution in [0.1, 0.15) is 49.2 Å². The van der Waals surface area contributed by atoms with E-state index in [2.05, 4.69) is 25.4 Å². The molecular formula is C15H18ClN5O2. The predicted octanol–water partition coefficient (Wildman–Crippen LogP) is 2.36. The topological polar surface area (TPSA) is 97.0 Å². The molecule has 2 aromatic rings. The van der Waals surface area contributed by atoms with Crippen LogP contribution in [0.5, 0.6) is 0 Å². The van der Waals surface area contributed by atoms with Gasteiger partial charge in [0.2, 0.25) is 11.8 Å². The number of anilines is 1. The molecule has 0 bridgehead atoms. The van der Waals surface area contributed by atoms with Crippen molar-refractivity contribution in [3.05, 3.63) is 29.1 Å². The molecule has 2 fully saturated rings. The van der Waals surface area contributed by atoms with Crippen molar-refractivity contribution in [1.29, 1.82) is 0 Å². The number of aliphatic hydroxyl groups is 1. The first kappa shape index (κ1) is 14.8. The van der Waals surface area contributed by atoms with Crippen LogP contribution in [0.3, 0.4) is 0 Å². The number of hydrogen-bond donors (Lipinski definition) is 2. The van der Waals surface area contributed by atoms with Gasteiger partial charge in [-0.3, -0.25) is 0 Å². The lowest BCUT2D eigenvalue weighted by atomic mass is 10.0. The maximum absolute atomic E-state index is 10.3. The van der Waals surface area contributed by atoms with E-state index in [4.69, 9.17) is 16.1 Å². The Morgan fingerprint density at radius 2 is 2.00 bits per heavy atom. The van der Waals surface area contributed by atoms with E-state index < -0.39 is 6.10 Å². The van der Waals surface area contributed by atoms with Crippen molar-refractivity contribution in [2.45, 2.75) is 43.6 Å². The highest BCUT2D eigenvalue weighted by atomic mass is 35.5. The zero-order valence-electron chi connectivity index (χ0n) is 12.5. The van der Waals surface area contributed by atoms with Crippen LogP contribution in [0.15, 0.2) is 16.9 Å². The third-order valence-electron chi connectivity index (χ3n) is 4.55. The molecule has 2 aliphatic rings. The summed E-state index contributed by atoms with van der Waals surface area (Å²) in [5, 5.41) is 18.0. The molecular weight excluding hydrogens is 318 g/mol. The Morgan fingerprint density at radius 1 is 1.22 bits per heavy atom. The van der Waals surface area contributed by atoms with Crippen molar-refractivity contribution >= 4 is 17.5 Å². The molecule has 0 spiro atoms. The number of rotatable bonds is 5. The Kier molecular flexibility index (Phi) is 3.90. The maximum atomic E-state index is 10.3. The predicted molar refractivity (Wildman–Crippen MR) is 83.3 cm³/mol. The van der Waals surface area contributed by atoms with Crippen LogP contribution in [0.25, 0.3) is 0 Å². The summed E-state index contributed by atoms with van der Waals surface area (Å²) in [6, 6.07) is 0. The largest absolute Gasteiger partial charge is 0.393 e. The first-order valence-electron chi connectivity index (χ1n) is 7.92. The van der Waals surface area contributed by atoms with E-state index in [1.807, 2.05) is 0 Å². The van der Waals surface area contributed by atoms with Crippen molar-refractivity contribution in [2.75, 3.05) is 11.9 Å². The van der Waals surface area contributed by atoms with Crippen LogP contribution in [-0.2, 0) is 0 Å². The molecule has 8 heteroatoms. The Bertz CT molecular complexity index is 673. The molecule has 2 saturated carbocycles. The summed E-state index contributed by atoms with van der Waals surface area (Å²) in [6.07, 6.45) is 6.47. The summed E-state index contributed by atoms with van der Waals surface area (Å²) in [5.74, 6) is 2.72. The first-order chi connectivity index (χ1) is 11.2. The van der Waals surface area contributed by atoms with Crippen molar-refractivity contribution in [3.8, 4) is 0 Å². The molecule has 23 heavy (non-hydrogen) atoms.